The third-order valence-corrected chi connectivity index (χ3v) is 3.25. The number of amides is 1. The summed E-state index contributed by atoms with van der Waals surface area (Å²) < 4.78 is 5.26. The summed E-state index contributed by atoms with van der Waals surface area (Å²) in [5, 5.41) is 1.00. The van der Waals surface area contributed by atoms with Gasteiger partial charge in [0, 0.05) is 23.5 Å². The number of aromatic amines is 1. The van der Waals surface area contributed by atoms with Crippen LogP contribution in [0.25, 0.3) is 11.0 Å². The molecular formula is C14H17N3O2. The van der Waals surface area contributed by atoms with E-state index in [4.69, 9.17) is 4.74 Å². The molecule has 100 valence electrons. The van der Waals surface area contributed by atoms with Crippen LogP contribution in [0.3, 0.4) is 0 Å². The van der Waals surface area contributed by atoms with Crippen molar-refractivity contribution in [3.63, 3.8) is 0 Å². The molecular weight excluding hydrogens is 242 g/mol. The number of pyridine rings is 1. The maximum Gasteiger partial charge on any atom is 0.414 e. The van der Waals surface area contributed by atoms with Crippen LogP contribution in [0.5, 0.6) is 0 Å². The molecule has 0 atom stereocenters. The molecule has 0 aliphatic carbocycles. The van der Waals surface area contributed by atoms with Crippen LogP contribution in [0.4, 0.5) is 10.5 Å². The number of hydrogen-bond acceptors (Lipinski definition) is 3. The maximum atomic E-state index is 12.2. The third kappa shape index (κ3) is 1.95. The number of nitrogens with zero attached hydrogens (tertiary/aromatic N) is 2. The van der Waals surface area contributed by atoms with Gasteiger partial charge in [-0.15, -0.1) is 0 Å². The predicted octanol–water partition coefficient (Wildman–Crippen LogP) is 2.86. The summed E-state index contributed by atoms with van der Waals surface area (Å²) in [5.74, 6) is 0. The van der Waals surface area contributed by atoms with Crippen LogP contribution < -0.4 is 4.90 Å². The number of cyclic esters (lactones) is 1. The first-order chi connectivity index (χ1) is 8.97. The molecule has 0 saturated carbocycles. The van der Waals surface area contributed by atoms with E-state index in [0.717, 1.165) is 22.4 Å². The van der Waals surface area contributed by atoms with E-state index in [-0.39, 0.29) is 11.6 Å². The molecule has 0 fully saturated rings. The van der Waals surface area contributed by atoms with Crippen LogP contribution in [0.2, 0.25) is 0 Å². The van der Waals surface area contributed by atoms with Crippen LogP contribution in [0.15, 0.2) is 18.3 Å². The Morgan fingerprint density at radius 3 is 2.95 bits per heavy atom. The van der Waals surface area contributed by atoms with Crippen LogP contribution in [0.1, 0.15) is 26.5 Å². The molecule has 19 heavy (non-hydrogen) atoms. The van der Waals surface area contributed by atoms with E-state index in [2.05, 4.69) is 9.97 Å². The van der Waals surface area contributed by atoms with E-state index in [1.165, 1.54) is 0 Å². The number of fused-ring (bicyclic) bond motifs is 2. The van der Waals surface area contributed by atoms with Crippen LogP contribution in [0, 0.1) is 0 Å². The first kappa shape index (κ1) is 12.0. The van der Waals surface area contributed by atoms with Gasteiger partial charge in [0.2, 0.25) is 0 Å². The molecule has 5 heteroatoms. The summed E-state index contributed by atoms with van der Waals surface area (Å²) in [6.45, 7) is 6.34. The van der Waals surface area contributed by atoms with Crippen molar-refractivity contribution in [2.45, 2.75) is 32.7 Å². The van der Waals surface area contributed by atoms with Gasteiger partial charge in [-0.2, -0.15) is 0 Å². The zero-order chi connectivity index (χ0) is 13.6. The average Bonchev–Trinajstić information content (AvgIpc) is 2.67. The molecule has 1 aliphatic heterocycles. The zero-order valence-electron chi connectivity index (χ0n) is 11.4. The number of aromatic nitrogens is 2. The van der Waals surface area contributed by atoms with Crippen molar-refractivity contribution >= 4 is 22.8 Å². The summed E-state index contributed by atoms with van der Waals surface area (Å²) in [7, 11) is 0. The monoisotopic (exact) mass is 259 g/mol. The minimum absolute atomic E-state index is 0.303. The van der Waals surface area contributed by atoms with Crippen molar-refractivity contribution in [3.8, 4) is 0 Å². The molecule has 3 heterocycles. The average molecular weight is 259 g/mol. The molecule has 0 saturated heterocycles. The minimum atomic E-state index is -0.345. The van der Waals surface area contributed by atoms with Crippen molar-refractivity contribution in [2.24, 2.45) is 0 Å². The Hall–Kier alpha value is -2.04. The Morgan fingerprint density at radius 1 is 1.42 bits per heavy atom. The molecule has 0 unspecified atom stereocenters. The molecule has 1 amide bonds. The van der Waals surface area contributed by atoms with Gasteiger partial charge in [0.05, 0.1) is 18.0 Å². The summed E-state index contributed by atoms with van der Waals surface area (Å²) >= 11 is 0. The maximum absolute atomic E-state index is 12.2. The van der Waals surface area contributed by atoms with Crippen molar-refractivity contribution in [1.82, 2.24) is 9.97 Å². The fourth-order valence-corrected chi connectivity index (χ4v) is 2.42. The van der Waals surface area contributed by atoms with Crippen molar-refractivity contribution < 1.29 is 9.53 Å². The second-order valence-corrected chi connectivity index (χ2v) is 5.74. The van der Waals surface area contributed by atoms with Gasteiger partial charge in [-0.1, -0.05) is 0 Å². The van der Waals surface area contributed by atoms with E-state index in [1.807, 2.05) is 39.1 Å². The molecule has 0 bridgehead atoms. The van der Waals surface area contributed by atoms with Crippen molar-refractivity contribution in [2.75, 3.05) is 11.5 Å². The number of anilines is 1. The van der Waals surface area contributed by atoms with Crippen LogP contribution in [-0.2, 0) is 11.2 Å². The minimum Gasteiger partial charge on any atom is -0.449 e. The number of carbonyl (C=O) groups is 1. The van der Waals surface area contributed by atoms with E-state index in [0.29, 0.717) is 13.0 Å². The zero-order valence-corrected chi connectivity index (χ0v) is 11.4. The lowest BCUT2D eigenvalue weighted by Crippen LogP contribution is -2.46. The molecule has 2 aromatic rings. The van der Waals surface area contributed by atoms with Crippen LogP contribution >= 0.6 is 0 Å². The highest BCUT2D eigenvalue weighted by atomic mass is 16.6. The number of nitrogens with one attached hydrogen (secondary N) is 1. The normalized spacial score (nSPS) is 16.2. The number of H-pyrrole nitrogens is 1. The van der Waals surface area contributed by atoms with E-state index >= 15 is 0 Å². The van der Waals surface area contributed by atoms with Gasteiger partial charge in [0.15, 0.2) is 0 Å². The molecule has 0 aromatic carbocycles. The lowest BCUT2D eigenvalue weighted by Gasteiger charge is -2.34. The van der Waals surface area contributed by atoms with Gasteiger partial charge < -0.3 is 9.72 Å². The lowest BCUT2D eigenvalue weighted by molar-refractivity contribution is 0.152. The molecule has 0 spiro atoms. The van der Waals surface area contributed by atoms with Crippen molar-refractivity contribution in [3.05, 3.63) is 24.0 Å². The van der Waals surface area contributed by atoms with Gasteiger partial charge >= 0.3 is 6.09 Å². The van der Waals surface area contributed by atoms with E-state index < -0.39 is 0 Å². The standard InChI is InChI=1S/C14H17N3O2/c1-14(2,3)17-11-8-9-4-6-15-12(9)16-10(11)5-7-19-13(17)18/h4,6,8H,5,7H2,1-3H3,(H,15,16). The molecule has 2 aromatic heterocycles. The van der Waals surface area contributed by atoms with Gasteiger partial charge in [-0.3, -0.25) is 4.90 Å². The largest absolute Gasteiger partial charge is 0.449 e. The summed E-state index contributed by atoms with van der Waals surface area (Å²) in [6, 6.07) is 3.96. The number of ether oxygens (including phenoxy) is 1. The molecule has 1 N–H and O–H groups in total. The fourth-order valence-electron chi connectivity index (χ4n) is 2.42. The van der Waals surface area contributed by atoms with Gasteiger partial charge in [0.1, 0.15) is 5.65 Å². The highest BCUT2D eigenvalue weighted by molar-refractivity contribution is 5.93. The molecule has 5 nitrogen and oxygen atoms in total. The fraction of sp³-hybridized carbons (Fsp3) is 0.429. The summed E-state index contributed by atoms with van der Waals surface area (Å²) in [6.07, 6.45) is 2.20. The van der Waals surface area contributed by atoms with Gasteiger partial charge in [0.25, 0.3) is 0 Å². The van der Waals surface area contributed by atoms with Gasteiger partial charge in [-0.25, -0.2) is 9.78 Å². The van der Waals surface area contributed by atoms with Crippen LogP contribution in [-0.4, -0.2) is 28.2 Å². The summed E-state index contributed by atoms with van der Waals surface area (Å²) in [4.78, 5) is 21.6. The Labute approximate surface area is 111 Å². The lowest BCUT2D eigenvalue weighted by atomic mass is 10.0. The Morgan fingerprint density at radius 2 is 2.21 bits per heavy atom. The Bertz CT molecular complexity index is 640. The van der Waals surface area contributed by atoms with E-state index in [1.54, 1.807) is 4.90 Å². The molecule has 1 aliphatic rings. The third-order valence-electron chi connectivity index (χ3n) is 3.25. The number of rotatable bonds is 0. The second-order valence-electron chi connectivity index (χ2n) is 5.74. The molecule has 0 radical (unpaired) electrons. The first-order valence-electron chi connectivity index (χ1n) is 6.41. The first-order valence-corrected chi connectivity index (χ1v) is 6.41. The summed E-state index contributed by atoms with van der Waals surface area (Å²) in [5.41, 5.74) is 2.25. The highest BCUT2D eigenvalue weighted by Crippen LogP contribution is 2.32. The smallest absolute Gasteiger partial charge is 0.414 e. The highest BCUT2D eigenvalue weighted by Gasteiger charge is 2.33. The van der Waals surface area contributed by atoms with Gasteiger partial charge in [-0.05, 0) is 32.9 Å². The van der Waals surface area contributed by atoms with E-state index in [9.17, 15) is 4.79 Å². The topological polar surface area (TPSA) is 58.2 Å². The number of hydrogen-bond donors (Lipinski definition) is 1. The quantitative estimate of drug-likeness (QED) is 0.791. The van der Waals surface area contributed by atoms with Crippen molar-refractivity contribution in [1.29, 1.82) is 0 Å². The SMILES string of the molecule is CC(C)(C)N1C(=O)OCCc2nc3[nH]ccc3cc21. The number of carbonyl (C=O) groups excluding carboxylic acids is 1. The Balaban J connectivity index is 2.24. The Kier molecular flexibility index (Phi) is 2.52. The molecule has 3 rings (SSSR count). The second kappa shape index (κ2) is 3.98. The predicted molar refractivity (Wildman–Crippen MR) is 73.4 cm³/mol.